The first kappa shape index (κ1) is 14.6. The zero-order chi connectivity index (χ0) is 13.5. The maximum absolute atomic E-state index is 11.3. The molecule has 2 amide bonds. The summed E-state index contributed by atoms with van der Waals surface area (Å²) in [6.45, 7) is 9.26. The molecule has 2 aliphatic heterocycles. The second kappa shape index (κ2) is 7.70. The Labute approximate surface area is 116 Å². The molecule has 0 aromatic carbocycles. The molecule has 1 atom stereocenters. The summed E-state index contributed by atoms with van der Waals surface area (Å²) in [5.41, 5.74) is 0. The molecular weight excluding hydrogens is 240 g/mol. The van der Waals surface area contributed by atoms with E-state index in [0.29, 0.717) is 0 Å². The average molecular weight is 268 g/mol. The molecule has 2 fully saturated rings. The fourth-order valence-electron chi connectivity index (χ4n) is 2.96. The van der Waals surface area contributed by atoms with Crippen LogP contribution in [0.2, 0.25) is 0 Å². The lowest BCUT2D eigenvalue weighted by molar-refractivity contribution is 0.158. The van der Waals surface area contributed by atoms with Gasteiger partial charge in [0.15, 0.2) is 0 Å². The Hall–Kier alpha value is -0.810. The van der Waals surface area contributed by atoms with E-state index >= 15 is 0 Å². The van der Waals surface area contributed by atoms with Gasteiger partial charge in [-0.25, -0.2) is 4.79 Å². The Balaban J connectivity index is 1.46. The molecule has 1 unspecified atom stereocenters. The molecule has 0 saturated carbocycles. The van der Waals surface area contributed by atoms with E-state index in [1.807, 2.05) is 4.90 Å². The highest BCUT2D eigenvalue weighted by Gasteiger charge is 2.18. The molecule has 2 aliphatic rings. The van der Waals surface area contributed by atoms with Crippen LogP contribution in [0.25, 0.3) is 0 Å². The third-order valence-electron chi connectivity index (χ3n) is 4.24. The number of urea groups is 1. The molecule has 0 radical (unpaired) electrons. The molecule has 110 valence electrons. The number of likely N-dealkylation sites (tertiary alicyclic amines) is 1. The normalized spacial score (nSPS) is 24.8. The van der Waals surface area contributed by atoms with Crippen LogP contribution < -0.4 is 10.6 Å². The van der Waals surface area contributed by atoms with Crippen molar-refractivity contribution in [2.75, 3.05) is 45.8 Å². The summed E-state index contributed by atoms with van der Waals surface area (Å²) >= 11 is 0. The Morgan fingerprint density at radius 3 is 2.89 bits per heavy atom. The van der Waals surface area contributed by atoms with E-state index in [1.54, 1.807) is 0 Å². The zero-order valence-electron chi connectivity index (χ0n) is 12.2. The number of rotatable bonds is 7. The first-order valence-electron chi connectivity index (χ1n) is 7.75. The molecule has 2 N–H and O–H groups in total. The van der Waals surface area contributed by atoms with Crippen molar-refractivity contribution in [1.82, 2.24) is 20.4 Å². The highest BCUT2D eigenvalue weighted by Crippen LogP contribution is 2.15. The third kappa shape index (κ3) is 4.66. The maximum atomic E-state index is 11.3. The quantitative estimate of drug-likeness (QED) is 0.674. The molecule has 0 bridgehead atoms. The van der Waals surface area contributed by atoms with Crippen molar-refractivity contribution < 1.29 is 4.79 Å². The van der Waals surface area contributed by atoms with E-state index in [9.17, 15) is 4.79 Å². The van der Waals surface area contributed by atoms with E-state index in [4.69, 9.17) is 0 Å². The summed E-state index contributed by atoms with van der Waals surface area (Å²) in [6.07, 6.45) is 5.32. The van der Waals surface area contributed by atoms with Gasteiger partial charge in [-0.05, 0) is 45.8 Å². The van der Waals surface area contributed by atoms with Crippen molar-refractivity contribution in [2.24, 2.45) is 0 Å². The van der Waals surface area contributed by atoms with Crippen molar-refractivity contribution in [2.45, 2.75) is 38.6 Å². The Kier molecular flexibility index (Phi) is 5.92. The predicted molar refractivity (Wildman–Crippen MR) is 77.3 cm³/mol. The number of carbonyl (C=O) groups is 1. The lowest BCUT2D eigenvalue weighted by atomic mass is 10.0. The summed E-state index contributed by atoms with van der Waals surface area (Å²) in [4.78, 5) is 15.8. The van der Waals surface area contributed by atoms with E-state index in [1.165, 1.54) is 38.8 Å². The van der Waals surface area contributed by atoms with Crippen molar-refractivity contribution in [3.8, 4) is 0 Å². The van der Waals surface area contributed by atoms with Gasteiger partial charge in [0.25, 0.3) is 0 Å². The van der Waals surface area contributed by atoms with Gasteiger partial charge >= 0.3 is 6.03 Å². The molecule has 2 rings (SSSR count). The average Bonchev–Trinajstić information content (AvgIpc) is 2.81. The number of nitrogens with one attached hydrogen (secondary N) is 2. The minimum Gasteiger partial charge on any atom is -0.336 e. The minimum absolute atomic E-state index is 0.0870. The zero-order valence-corrected chi connectivity index (χ0v) is 12.2. The van der Waals surface area contributed by atoms with Crippen LogP contribution in [-0.4, -0.2) is 67.7 Å². The minimum atomic E-state index is 0.0870. The third-order valence-corrected chi connectivity index (χ3v) is 4.24. The lowest BCUT2D eigenvalue weighted by Crippen LogP contribution is -2.39. The fraction of sp³-hybridized carbons (Fsp3) is 0.929. The highest BCUT2D eigenvalue weighted by atomic mass is 16.2. The van der Waals surface area contributed by atoms with Crippen molar-refractivity contribution in [1.29, 1.82) is 0 Å². The molecule has 0 aliphatic carbocycles. The second-order valence-corrected chi connectivity index (χ2v) is 5.70. The number of amides is 2. The topological polar surface area (TPSA) is 47.6 Å². The largest absolute Gasteiger partial charge is 0.336 e. The van der Waals surface area contributed by atoms with Crippen LogP contribution in [0.15, 0.2) is 0 Å². The molecule has 0 aromatic rings. The Morgan fingerprint density at radius 2 is 2.16 bits per heavy atom. The smallest absolute Gasteiger partial charge is 0.317 e. The van der Waals surface area contributed by atoms with Crippen LogP contribution in [0.4, 0.5) is 4.79 Å². The first-order valence-corrected chi connectivity index (χ1v) is 7.75. The van der Waals surface area contributed by atoms with Gasteiger partial charge in [-0.2, -0.15) is 0 Å². The van der Waals surface area contributed by atoms with Crippen LogP contribution in [0, 0.1) is 0 Å². The summed E-state index contributed by atoms with van der Waals surface area (Å²) in [6, 6.07) is 0.853. The van der Waals surface area contributed by atoms with Gasteiger partial charge in [-0.15, -0.1) is 0 Å². The number of nitrogens with zero attached hydrogens (tertiary/aromatic N) is 2. The van der Waals surface area contributed by atoms with E-state index in [2.05, 4.69) is 22.5 Å². The van der Waals surface area contributed by atoms with Gasteiger partial charge in [0.05, 0.1) is 0 Å². The van der Waals surface area contributed by atoms with Crippen LogP contribution >= 0.6 is 0 Å². The van der Waals surface area contributed by atoms with Crippen LogP contribution in [-0.2, 0) is 0 Å². The second-order valence-electron chi connectivity index (χ2n) is 5.70. The van der Waals surface area contributed by atoms with Gasteiger partial charge in [0.1, 0.15) is 0 Å². The SMILES string of the molecule is CC1CCCCN1CCCNCCN1CCNC1=O. The molecule has 2 saturated heterocycles. The van der Waals surface area contributed by atoms with Crippen molar-refractivity contribution in [3.63, 3.8) is 0 Å². The first-order chi connectivity index (χ1) is 9.27. The van der Waals surface area contributed by atoms with Crippen LogP contribution in [0.3, 0.4) is 0 Å². The van der Waals surface area contributed by atoms with Crippen molar-refractivity contribution >= 4 is 6.03 Å². The number of hydrogen-bond donors (Lipinski definition) is 2. The van der Waals surface area contributed by atoms with Gasteiger partial charge in [-0.3, -0.25) is 0 Å². The number of hydrogen-bond acceptors (Lipinski definition) is 3. The highest BCUT2D eigenvalue weighted by molar-refractivity contribution is 5.76. The van der Waals surface area contributed by atoms with Gasteiger partial charge in [0.2, 0.25) is 0 Å². The molecular formula is C14H28N4O. The molecule has 0 spiro atoms. The molecule has 5 heteroatoms. The van der Waals surface area contributed by atoms with Gasteiger partial charge < -0.3 is 20.4 Å². The van der Waals surface area contributed by atoms with E-state index in [-0.39, 0.29) is 6.03 Å². The van der Waals surface area contributed by atoms with Gasteiger partial charge in [0, 0.05) is 32.2 Å². The standard InChI is InChI=1S/C14H28N4O/c1-13-5-2-3-9-17(13)10-4-6-15-7-11-18-12-8-16-14(18)19/h13,15H,2-12H2,1H3,(H,16,19). The van der Waals surface area contributed by atoms with E-state index in [0.717, 1.165) is 38.8 Å². The summed E-state index contributed by atoms with van der Waals surface area (Å²) < 4.78 is 0. The number of carbonyl (C=O) groups excluding carboxylic acids is 1. The summed E-state index contributed by atoms with van der Waals surface area (Å²) in [7, 11) is 0. The Morgan fingerprint density at radius 1 is 1.26 bits per heavy atom. The lowest BCUT2D eigenvalue weighted by Gasteiger charge is -2.33. The maximum Gasteiger partial charge on any atom is 0.317 e. The monoisotopic (exact) mass is 268 g/mol. The molecule has 19 heavy (non-hydrogen) atoms. The fourth-order valence-corrected chi connectivity index (χ4v) is 2.96. The molecule has 2 heterocycles. The van der Waals surface area contributed by atoms with Crippen LogP contribution in [0.5, 0.6) is 0 Å². The van der Waals surface area contributed by atoms with Gasteiger partial charge in [-0.1, -0.05) is 6.42 Å². The van der Waals surface area contributed by atoms with E-state index < -0.39 is 0 Å². The number of piperidine rings is 1. The summed E-state index contributed by atoms with van der Waals surface area (Å²) in [5.74, 6) is 0. The van der Waals surface area contributed by atoms with Crippen molar-refractivity contribution in [3.05, 3.63) is 0 Å². The molecule has 5 nitrogen and oxygen atoms in total. The molecule has 0 aromatic heterocycles. The predicted octanol–water partition coefficient (Wildman–Crippen LogP) is 0.866. The van der Waals surface area contributed by atoms with Crippen LogP contribution in [0.1, 0.15) is 32.6 Å². The summed E-state index contributed by atoms with van der Waals surface area (Å²) in [5, 5.41) is 6.26. The Bertz CT molecular complexity index is 285.